The first-order chi connectivity index (χ1) is 8.99. The second-order valence-corrected chi connectivity index (χ2v) is 6.44. The minimum atomic E-state index is -1.25. The zero-order chi connectivity index (χ0) is 14.0. The van der Waals surface area contributed by atoms with Crippen LogP contribution in [-0.4, -0.2) is 4.21 Å². The van der Waals surface area contributed by atoms with E-state index in [4.69, 9.17) is 5.73 Å². The molecule has 0 radical (unpaired) electrons. The highest BCUT2D eigenvalue weighted by Crippen LogP contribution is 2.25. The maximum absolute atomic E-state index is 13.4. The molecule has 5 heteroatoms. The predicted octanol–water partition coefficient (Wildman–Crippen LogP) is 3.79. The van der Waals surface area contributed by atoms with E-state index in [-0.39, 0.29) is 11.6 Å². The monoisotopic (exact) mass is 341 g/mol. The standard InChI is InChI=1S/C14H13BrFNOS/c1-9-5-6-11(17)7-13(9)19(18)8-10-3-2-4-12(16)14(10)15/h2-7H,8,17H2,1H3. The normalized spacial score (nSPS) is 12.4. The number of hydrogen-bond acceptors (Lipinski definition) is 2. The van der Waals surface area contributed by atoms with Gasteiger partial charge in [0.15, 0.2) is 0 Å². The van der Waals surface area contributed by atoms with Crippen LogP contribution in [0.3, 0.4) is 0 Å². The van der Waals surface area contributed by atoms with Crippen LogP contribution in [-0.2, 0) is 16.6 Å². The third-order valence-corrected chi connectivity index (χ3v) is 5.17. The van der Waals surface area contributed by atoms with E-state index in [9.17, 15) is 8.60 Å². The molecule has 0 saturated heterocycles. The number of hydrogen-bond donors (Lipinski definition) is 1. The molecule has 1 atom stereocenters. The molecule has 0 amide bonds. The molecule has 0 aliphatic heterocycles. The van der Waals surface area contributed by atoms with E-state index in [0.717, 1.165) is 5.56 Å². The molecule has 0 aromatic heterocycles. The molecule has 0 aliphatic carbocycles. The van der Waals surface area contributed by atoms with Crippen LogP contribution in [0.1, 0.15) is 11.1 Å². The Kier molecular flexibility index (Phi) is 4.37. The van der Waals surface area contributed by atoms with E-state index < -0.39 is 10.8 Å². The lowest BCUT2D eigenvalue weighted by Gasteiger charge is -2.09. The number of rotatable bonds is 3. The van der Waals surface area contributed by atoms with Crippen LogP contribution < -0.4 is 5.73 Å². The third-order valence-electron chi connectivity index (χ3n) is 2.78. The summed E-state index contributed by atoms with van der Waals surface area (Å²) in [5.74, 6) is -0.0957. The molecule has 2 N–H and O–H groups in total. The summed E-state index contributed by atoms with van der Waals surface area (Å²) in [4.78, 5) is 0.691. The molecule has 100 valence electrons. The zero-order valence-electron chi connectivity index (χ0n) is 10.3. The first kappa shape index (κ1) is 14.2. The van der Waals surface area contributed by atoms with Crippen molar-refractivity contribution in [1.82, 2.24) is 0 Å². The van der Waals surface area contributed by atoms with Crippen LogP contribution in [0.2, 0.25) is 0 Å². The van der Waals surface area contributed by atoms with E-state index in [1.54, 1.807) is 24.3 Å². The molecule has 0 aliphatic rings. The Morgan fingerprint density at radius 1 is 1.32 bits per heavy atom. The summed E-state index contributed by atoms with van der Waals surface area (Å²) in [6, 6.07) is 10.0. The van der Waals surface area contributed by atoms with Crippen molar-refractivity contribution < 1.29 is 8.60 Å². The molecule has 0 spiro atoms. The largest absolute Gasteiger partial charge is 0.399 e. The quantitative estimate of drug-likeness (QED) is 0.863. The van der Waals surface area contributed by atoms with Crippen molar-refractivity contribution in [2.45, 2.75) is 17.6 Å². The van der Waals surface area contributed by atoms with Crippen molar-refractivity contribution in [3.05, 3.63) is 57.8 Å². The third kappa shape index (κ3) is 3.22. The smallest absolute Gasteiger partial charge is 0.137 e. The number of anilines is 1. The van der Waals surface area contributed by atoms with E-state index in [1.807, 2.05) is 13.0 Å². The van der Waals surface area contributed by atoms with Crippen LogP contribution >= 0.6 is 15.9 Å². The fourth-order valence-corrected chi connectivity index (χ4v) is 3.70. The van der Waals surface area contributed by atoms with Gasteiger partial charge in [0, 0.05) is 10.6 Å². The Bertz CT molecular complexity index is 645. The summed E-state index contributed by atoms with van der Waals surface area (Å²) in [5, 5.41) is 0. The summed E-state index contributed by atoms with van der Waals surface area (Å²) >= 11 is 3.18. The van der Waals surface area contributed by atoms with Gasteiger partial charge in [0.2, 0.25) is 0 Å². The van der Waals surface area contributed by atoms with E-state index in [2.05, 4.69) is 15.9 Å². The molecule has 2 aromatic rings. The van der Waals surface area contributed by atoms with Crippen LogP contribution in [0.5, 0.6) is 0 Å². The van der Waals surface area contributed by atoms with Gasteiger partial charge < -0.3 is 5.73 Å². The van der Waals surface area contributed by atoms with Crippen LogP contribution in [0.4, 0.5) is 10.1 Å². The lowest BCUT2D eigenvalue weighted by atomic mass is 10.2. The average Bonchev–Trinajstić information content (AvgIpc) is 2.38. The molecule has 0 saturated carbocycles. The van der Waals surface area contributed by atoms with Gasteiger partial charge in [-0.05, 0) is 52.2 Å². The summed E-state index contributed by atoms with van der Waals surface area (Å²) in [7, 11) is -1.25. The SMILES string of the molecule is Cc1ccc(N)cc1S(=O)Cc1cccc(F)c1Br. The van der Waals surface area contributed by atoms with Gasteiger partial charge in [-0.15, -0.1) is 0 Å². The van der Waals surface area contributed by atoms with Crippen LogP contribution in [0.25, 0.3) is 0 Å². The molecule has 2 aromatic carbocycles. The van der Waals surface area contributed by atoms with Crippen molar-refractivity contribution in [2.24, 2.45) is 0 Å². The summed E-state index contributed by atoms with van der Waals surface area (Å²) in [6.45, 7) is 1.88. The highest BCUT2D eigenvalue weighted by atomic mass is 79.9. The minimum absolute atomic E-state index is 0.253. The Labute approximate surface area is 122 Å². The highest BCUT2D eigenvalue weighted by molar-refractivity contribution is 9.10. The molecule has 2 nitrogen and oxygen atoms in total. The van der Waals surface area contributed by atoms with Crippen molar-refractivity contribution >= 4 is 32.4 Å². The van der Waals surface area contributed by atoms with Crippen LogP contribution in [0.15, 0.2) is 45.8 Å². The van der Waals surface area contributed by atoms with Gasteiger partial charge in [0.05, 0.1) is 21.0 Å². The fraction of sp³-hybridized carbons (Fsp3) is 0.143. The average molecular weight is 342 g/mol. The second-order valence-electron chi connectivity index (χ2n) is 4.23. The number of nitrogen functional groups attached to an aromatic ring is 1. The Balaban J connectivity index is 2.31. The van der Waals surface area contributed by atoms with E-state index in [0.29, 0.717) is 20.6 Å². The first-order valence-corrected chi connectivity index (χ1v) is 7.77. The number of halogens is 2. The lowest BCUT2D eigenvalue weighted by molar-refractivity contribution is 0.619. The molecule has 0 heterocycles. The number of aryl methyl sites for hydroxylation is 1. The summed E-state index contributed by atoms with van der Waals surface area (Å²) in [5.41, 5.74) is 7.88. The minimum Gasteiger partial charge on any atom is -0.399 e. The number of nitrogens with two attached hydrogens (primary N) is 1. The van der Waals surface area contributed by atoms with Crippen LogP contribution in [0, 0.1) is 12.7 Å². The van der Waals surface area contributed by atoms with Crippen molar-refractivity contribution in [3.63, 3.8) is 0 Å². The molecule has 2 rings (SSSR count). The molecule has 1 unspecified atom stereocenters. The molecule has 0 bridgehead atoms. The van der Waals surface area contributed by atoms with Gasteiger partial charge in [0.1, 0.15) is 5.82 Å². The molecular formula is C14H13BrFNOS. The predicted molar refractivity (Wildman–Crippen MR) is 79.8 cm³/mol. The zero-order valence-corrected chi connectivity index (χ0v) is 12.7. The second kappa shape index (κ2) is 5.84. The summed E-state index contributed by atoms with van der Waals surface area (Å²) in [6.07, 6.45) is 0. The Hall–Kier alpha value is -1.20. The van der Waals surface area contributed by atoms with Gasteiger partial charge in [-0.3, -0.25) is 4.21 Å². The van der Waals surface area contributed by atoms with E-state index >= 15 is 0 Å². The molecule has 0 fully saturated rings. The van der Waals surface area contributed by atoms with Gasteiger partial charge in [0.25, 0.3) is 0 Å². The van der Waals surface area contributed by atoms with E-state index in [1.165, 1.54) is 6.07 Å². The highest BCUT2D eigenvalue weighted by Gasteiger charge is 2.12. The maximum Gasteiger partial charge on any atom is 0.137 e. The molecular weight excluding hydrogens is 329 g/mol. The number of benzene rings is 2. The van der Waals surface area contributed by atoms with Gasteiger partial charge >= 0.3 is 0 Å². The van der Waals surface area contributed by atoms with Gasteiger partial charge in [-0.25, -0.2) is 4.39 Å². The van der Waals surface area contributed by atoms with Gasteiger partial charge in [-0.1, -0.05) is 18.2 Å². The molecule has 19 heavy (non-hydrogen) atoms. The van der Waals surface area contributed by atoms with Crippen molar-refractivity contribution in [2.75, 3.05) is 5.73 Å². The lowest BCUT2D eigenvalue weighted by Crippen LogP contribution is -2.01. The first-order valence-electron chi connectivity index (χ1n) is 5.66. The van der Waals surface area contributed by atoms with Crippen molar-refractivity contribution in [3.8, 4) is 0 Å². The fourth-order valence-electron chi connectivity index (χ4n) is 1.74. The maximum atomic E-state index is 13.4. The van der Waals surface area contributed by atoms with Gasteiger partial charge in [-0.2, -0.15) is 0 Å². The Morgan fingerprint density at radius 3 is 2.79 bits per heavy atom. The van der Waals surface area contributed by atoms with Crippen molar-refractivity contribution in [1.29, 1.82) is 0 Å². The topological polar surface area (TPSA) is 43.1 Å². The Morgan fingerprint density at radius 2 is 2.05 bits per heavy atom. The summed E-state index contributed by atoms with van der Waals surface area (Å²) < 4.78 is 26.1.